The number of rotatable bonds is 8. The van der Waals surface area contributed by atoms with Crippen LogP contribution in [0.25, 0.3) is 11.4 Å². The molecule has 10 heteroatoms. The van der Waals surface area contributed by atoms with E-state index < -0.39 is 15.9 Å². The van der Waals surface area contributed by atoms with E-state index in [-0.39, 0.29) is 19.0 Å². The number of aryl methyl sites for hydroxylation is 2. The second-order valence-corrected chi connectivity index (χ2v) is 8.99. The van der Waals surface area contributed by atoms with E-state index in [1.165, 1.54) is 0 Å². The van der Waals surface area contributed by atoms with Crippen LogP contribution in [0.4, 0.5) is 5.69 Å². The highest BCUT2D eigenvalue weighted by Crippen LogP contribution is 2.23. The van der Waals surface area contributed by atoms with Crippen LogP contribution >= 0.6 is 0 Å². The van der Waals surface area contributed by atoms with Gasteiger partial charge in [0.15, 0.2) is 0 Å². The number of anilines is 1. The number of ether oxygens (including phenoxy) is 1. The average molecular weight is 445 g/mol. The summed E-state index contributed by atoms with van der Waals surface area (Å²) in [5.41, 5.74) is 2.93. The second-order valence-electron chi connectivity index (χ2n) is 7.08. The van der Waals surface area contributed by atoms with Gasteiger partial charge in [0.2, 0.25) is 27.6 Å². The largest absolute Gasteiger partial charge is 0.497 e. The summed E-state index contributed by atoms with van der Waals surface area (Å²) < 4.78 is 36.0. The van der Waals surface area contributed by atoms with Gasteiger partial charge in [0.05, 0.1) is 25.6 Å². The molecule has 3 aromatic rings. The van der Waals surface area contributed by atoms with Crippen molar-refractivity contribution in [1.29, 1.82) is 0 Å². The van der Waals surface area contributed by atoms with Crippen molar-refractivity contribution >= 4 is 21.6 Å². The number of sulfonamides is 1. The maximum Gasteiger partial charge on any atom is 0.246 e. The maximum atomic E-state index is 12.5. The fourth-order valence-electron chi connectivity index (χ4n) is 3.03. The van der Waals surface area contributed by atoms with Gasteiger partial charge in [-0.2, -0.15) is 4.98 Å². The molecule has 31 heavy (non-hydrogen) atoms. The highest BCUT2D eigenvalue weighted by molar-refractivity contribution is 7.92. The molecule has 9 nitrogen and oxygen atoms in total. The number of carbonyl (C=O) groups is 1. The van der Waals surface area contributed by atoms with Crippen molar-refractivity contribution in [2.45, 2.75) is 20.4 Å². The molecule has 0 bridgehead atoms. The van der Waals surface area contributed by atoms with E-state index >= 15 is 0 Å². The zero-order chi connectivity index (χ0) is 22.6. The zero-order valence-corrected chi connectivity index (χ0v) is 18.6. The number of methoxy groups -OCH3 is 1. The number of hydrogen-bond acceptors (Lipinski definition) is 7. The first-order valence-corrected chi connectivity index (χ1v) is 11.3. The zero-order valence-electron chi connectivity index (χ0n) is 17.7. The number of amides is 1. The molecule has 0 radical (unpaired) electrons. The van der Waals surface area contributed by atoms with E-state index in [2.05, 4.69) is 15.5 Å². The summed E-state index contributed by atoms with van der Waals surface area (Å²) in [6.45, 7) is 3.33. The minimum Gasteiger partial charge on any atom is -0.497 e. The Morgan fingerprint density at radius 2 is 1.97 bits per heavy atom. The first-order chi connectivity index (χ1) is 14.7. The van der Waals surface area contributed by atoms with E-state index in [1.807, 2.05) is 19.1 Å². The van der Waals surface area contributed by atoms with Crippen molar-refractivity contribution < 1.29 is 22.5 Å². The Kier molecular flexibility index (Phi) is 6.59. The van der Waals surface area contributed by atoms with Crippen molar-refractivity contribution in [2.24, 2.45) is 0 Å². The third kappa shape index (κ3) is 5.60. The third-order valence-electron chi connectivity index (χ3n) is 4.54. The minimum atomic E-state index is -3.66. The first kappa shape index (κ1) is 22.3. The van der Waals surface area contributed by atoms with Crippen LogP contribution in [-0.2, 0) is 21.4 Å². The van der Waals surface area contributed by atoms with Gasteiger partial charge in [-0.25, -0.2) is 8.42 Å². The van der Waals surface area contributed by atoms with Crippen LogP contribution in [0.15, 0.2) is 47.0 Å². The lowest BCUT2D eigenvalue weighted by Gasteiger charge is -2.23. The smallest absolute Gasteiger partial charge is 0.246 e. The maximum absolute atomic E-state index is 12.5. The molecule has 0 atom stereocenters. The summed E-state index contributed by atoms with van der Waals surface area (Å²) in [5.74, 6) is 0.718. The van der Waals surface area contributed by atoms with E-state index in [0.717, 1.165) is 21.7 Å². The second kappa shape index (κ2) is 9.17. The Bertz CT molecular complexity index is 1190. The molecule has 164 valence electrons. The number of aromatic nitrogens is 2. The standard InChI is InChI=1S/C21H24N4O5S/c1-14-8-9-18(15(2)10-14)25(31(4,27)28)13-19(26)22-12-20-23-21(24-30-20)16-6-5-7-17(11-16)29-3/h5-11H,12-13H2,1-4H3,(H,22,26). The van der Waals surface area contributed by atoms with Crippen LogP contribution in [0.2, 0.25) is 0 Å². The van der Waals surface area contributed by atoms with Crippen LogP contribution in [0.1, 0.15) is 17.0 Å². The number of hydrogen-bond donors (Lipinski definition) is 1. The van der Waals surface area contributed by atoms with E-state index in [0.29, 0.717) is 22.8 Å². The lowest BCUT2D eigenvalue weighted by Crippen LogP contribution is -2.40. The lowest BCUT2D eigenvalue weighted by molar-refractivity contribution is -0.119. The van der Waals surface area contributed by atoms with Crippen molar-refractivity contribution in [3.63, 3.8) is 0 Å². The molecule has 0 unspecified atom stereocenters. The van der Waals surface area contributed by atoms with Gasteiger partial charge in [0.25, 0.3) is 0 Å². The highest BCUT2D eigenvalue weighted by Gasteiger charge is 2.22. The number of nitrogens with zero attached hydrogens (tertiary/aromatic N) is 3. The van der Waals surface area contributed by atoms with Crippen LogP contribution in [0.5, 0.6) is 5.75 Å². The molecule has 0 fully saturated rings. The molecule has 1 aromatic heterocycles. The number of carbonyl (C=O) groups excluding carboxylic acids is 1. The molecule has 1 N–H and O–H groups in total. The van der Waals surface area contributed by atoms with Gasteiger partial charge in [0, 0.05) is 5.56 Å². The lowest BCUT2D eigenvalue weighted by atomic mass is 10.1. The molecule has 0 aliphatic carbocycles. The Morgan fingerprint density at radius 1 is 1.19 bits per heavy atom. The van der Waals surface area contributed by atoms with Crippen LogP contribution in [0, 0.1) is 13.8 Å². The molecule has 3 rings (SSSR count). The Hall–Kier alpha value is -3.40. The van der Waals surface area contributed by atoms with Gasteiger partial charge in [-0.3, -0.25) is 9.10 Å². The van der Waals surface area contributed by atoms with E-state index in [4.69, 9.17) is 9.26 Å². The Labute approximate surface area is 181 Å². The fourth-order valence-corrected chi connectivity index (χ4v) is 3.95. The SMILES string of the molecule is COc1cccc(-c2noc(CNC(=O)CN(c3ccc(C)cc3C)S(C)(=O)=O)n2)c1. The molecule has 0 saturated carbocycles. The predicted molar refractivity (Wildman–Crippen MR) is 116 cm³/mol. The van der Waals surface area contributed by atoms with Crippen molar-refractivity contribution in [3.05, 3.63) is 59.5 Å². The van der Waals surface area contributed by atoms with Gasteiger partial charge in [-0.15, -0.1) is 0 Å². The van der Waals surface area contributed by atoms with Gasteiger partial charge in [-0.1, -0.05) is 35.0 Å². The van der Waals surface area contributed by atoms with Gasteiger partial charge in [-0.05, 0) is 37.6 Å². The highest BCUT2D eigenvalue weighted by atomic mass is 32.2. The summed E-state index contributed by atoms with van der Waals surface area (Å²) in [6.07, 6.45) is 1.07. The van der Waals surface area contributed by atoms with Gasteiger partial charge < -0.3 is 14.6 Å². The molecule has 0 spiro atoms. The predicted octanol–water partition coefficient (Wildman–Crippen LogP) is 2.44. The molecular formula is C21H24N4O5S. The summed E-state index contributed by atoms with van der Waals surface area (Å²) in [7, 11) is -2.10. The third-order valence-corrected chi connectivity index (χ3v) is 5.67. The molecule has 1 amide bonds. The Balaban J connectivity index is 1.68. The fraction of sp³-hybridized carbons (Fsp3) is 0.286. The molecule has 1 heterocycles. The average Bonchev–Trinajstić information content (AvgIpc) is 3.19. The van der Waals surface area contributed by atoms with Crippen molar-refractivity contribution in [2.75, 3.05) is 24.2 Å². The first-order valence-electron chi connectivity index (χ1n) is 9.46. The van der Waals surface area contributed by atoms with Crippen LogP contribution in [0.3, 0.4) is 0 Å². The van der Waals surface area contributed by atoms with Gasteiger partial charge in [0.1, 0.15) is 12.3 Å². The Morgan fingerprint density at radius 3 is 2.65 bits per heavy atom. The quantitative estimate of drug-likeness (QED) is 0.567. The molecule has 0 aliphatic rings. The van der Waals surface area contributed by atoms with Gasteiger partial charge >= 0.3 is 0 Å². The topological polar surface area (TPSA) is 115 Å². The summed E-state index contributed by atoms with van der Waals surface area (Å²) in [4.78, 5) is 16.7. The number of benzene rings is 2. The van der Waals surface area contributed by atoms with E-state index in [9.17, 15) is 13.2 Å². The summed E-state index contributed by atoms with van der Waals surface area (Å²) in [5, 5.41) is 6.53. The van der Waals surface area contributed by atoms with Crippen molar-refractivity contribution in [1.82, 2.24) is 15.5 Å². The summed E-state index contributed by atoms with van der Waals surface area (Å²) >= 11 is 0. The van der Waals surface area contributed by atoms with E-state index in [1.54, 1.807) is 44.4 Å². The van der Waals surface area contributed by atoms with Crippen molar-refractivity contribution in [3.8, 4) is 17.1 Å². The molecule has 0 saturated heterocycles. The molecular weight excluding hydrogens is 420 g/mol. The monoisotopic (exact) mass is 444 g/mol. The number of nitrogens with one attached hydrogen (secondary N) is 1. The minimum absolute atomic E-state index is 0.0275. The summed E-state index contributed by atoms with van der Waals surface area (Å²) in [6, 6.07) is 12.5. The van der Waals surface area contributed by atoms with Crippen LogP contribution in [-0.4, -0.2) is 44.4 Å². The molecule has 2 aromatic carbocycles. The molecule has 0 aliphatic heterocycles. The van der Waals surface area contributed by atoms with Crippen LogP contribution < -0.4 is 14.4 Å². The normalized spacial score (nSPS) is 11.2.